The van der Waals surface area contributed by atoms with Crippen LogP contribution in [-0.2, 0) is 6.42 Å². The summed E-state index contributed by atoms with van der Waals surface area (Å²) in [7, 11) is 0. The number of amides is 1. The highest BCUT2D eigenvalue weighted by Gasteiger charge is 2.32. The molecule has 0 bridgehead atoms. The van der Waals surface area contributed by atoms with Crippen LogP contribution in [0.2, 0.25) is 5.02 Å². The van der Waals surface area contributed by atoms with Gasteiger partial charge >= 0.3 is 0 Å². The summed E-state index contributed by atoms with van der Waals surface area (Å²) in [4.78, 5) is 19.1. The van der Waals surface area contributed by atoms with Gasteiger partial charge < -0.3 is 10.6 Å². The third-order valence-corrected chi connectivity index (χ3v) is 5.16. The fourth-order valence-electron chi connectivity index (χ4n) is 2.87. The number of rotatable bonds is 4. The van der Waals surface area contributed by atoms with Crippen LogP contribution in [0.15, 0.2) is 29.6 Å². The number of benzene rings is 1. The van der Waals surface area contributed by atoms with Gasteiger partial charge in [0.2, 0.25) is 0 Å². The van der Waals surface area contributed by atoms with Gasteiger partial charge in [0.15, 0.2) is 0 Å². The Balaban J connectivity index is 1.83. The predicted octanol–water partition coefficient (Wildman–Crippen LogP) is 3.28. The highest BCUT2D eigenvalue weighted by atomic mass is 35.5. The first-order valence-electron chi connectivity index (χ1n) is 7.40. The summed E-state index contributed by atoms with van der Waals surface area (Å²) in [6.45, 7) is 1.30. The minimum Gasteiger partial charge on any atom is -0.330 e. The molecule has 116 valence electrons. The van der Waals surface area contributed by atoms with Crippen molar-refractivity contribution in [2.24, 2.45) is 5.73 Å². The maximum atomic E-state index is 12.8. The fourth-order valence-corrected chi connectivity index (χ4v) is 3.92. The van der Waals surface area contributed by atoms with E-state index in [2.05, 4.69) is 4.98 Å². The first kappa shape index (κ1) is 15.5. The second-order valence-electron chi connectivity index (χ2n) is 5.34. The molecule has 0 saturated carbocycles. The number of carbonyl (C=O) groups excluding carboxylic acids is 1. The quantitative estimate of drug-likeness (QED) is 0.932. The molecule has 2 aromatic rings. The van der Waals surface area contributed by atoms with Crippen molar-refractivity contribution in [1.82, 2.24) is 9.88 Å². The third kappa shape index (κ3) is 3.02. The van der Waals surface area contributed by atoms with Crippen molar-refractivity contribution in [2.75, 3.05) is 13.1 Å². The lowest BCUT2D eigenvalue weighted by atomic mass is 10.0. The van der Waals surface area contributed by atoms with Crippen LogP contribution in [0.5, 0.6) is 0 Å². The van der Waals surface area contributed by atoms with Gasteiger partial charge in [-0.3, -0.25) is 4.79 Å². The van der Waals surface area contributed by atoms with Crippen molar-refractivity contribution in [1.29, 1.82) is 0 Å². The number of likely N-dealkylation sites (tertiary alicyclic amines) is 1. The summed E-state index contributed by atoms with van der Waals surface area (Å²) >= 11 is 7.80. The minimum absolute atomic E-state index is 0.0121. The molecule has 0 unspecified atom stereocenters. The van der Waals surface area contributed by atoms with Crippen molar-refractivity contribution in [3.8, 4) is 0 Å². The van der Waals surface area contributed by atoms with Gasteiger partial charge in [-0.05, 0) is 31.0 Å². The smallest absolute Gasteiger partial charge is 0.273 e. The molecule has 1 fully saturated rings. The maximum absolute atomic E-state index is 12.8. The van der Waals surface area contributed by atoms with Crippen LogP contribution < -0.4 is 5.73 Å². The maximum Gasteiger partial charge on any atom is 0.273 e. The van der Waals surface area contributed by atoms with Gasteiger partial charge in [-0.2, -0.15) is 0 Å². The SMILES string of the molecule is NCCc1nc(C(=O)N2CCC[C@@H]2c2ccccc2Cl)cs1. The summed E-state index contributed by atoms with van der Waals surface area (Å²) in [5.41, 5.74) is 7.08. The van der Waals surface area contributed by atoms with Crippen LogP contribution in [0.1, 0.15) is 39.9 Å². The van der Waals surface area contributed by atoms with Crippen molar-refractivity contribution in [3.63, 3.8) is 0 Å². The first-order chi connectivity index (χ1) is 10.7. The van der Waals surface area contributed by atoms with Gasteiger partial charge in [0.05, 0.1) is 11.0 Å². The third-order valence-electron chi connectivity index (χ3n) is 3.91. The molecule has 4 nitrogen and oxygen atoms in total. The van der Waals surface area contributed by atoms with Crippen LogP contribution in [-0.4, -0.2) is 28.9 Å². The molecule has 0 spiro atoms. The topological polar surface area (TPSA) is 59.2 Å². The number of hydrogen-bond acceptors (Lipinski definition) is 4. The Morgan fingerprint density at radius 3 is 3.05 bits per heavy atom. The van der Waals surface area contributed by atoms with Crippen LogP contribution >= 0.6 is 22.9 Å². The zero-order chi connectivity index (χ0) is 15.5. The second kappa shape index (κ2) is 6.77. The lowest BCUT2D eigenvalue weighted by molar-refractivity contribution is 0.0730. The molecule has 1 aliphatic rings. The Morgan fingerprint density at radius 2 is 2.27 bits per heavy atom. The molecule has 1 aromatic heterocycles. The number of nitrogens with two attached hydrogens (primary N) is 1. The highest BCUT2D eigenvalue weighted by Crippen LogP contribution is 2.36. The van der Waals surface area contributed by atoms with Gasteiger partial charge in [0, 0.05) is 23.4 Å². The van der Waals surface area contributed by atoms with E-state index in [9.17, 15) is 4.79 Å². The van der Waals surface area contributed by atoms with Crippen molar-refractivity contribution in [3.05, 3.63) is 50.9 Å². The molecule has 2 heterocycles. The summed E-state index contributed by atoms with van der Waals surface area (Å²) in [6.07, 6.45) is 2.64. The van der Waals surface area contributed by atoms with Crippen molar-refractivity contribution < 1.29 is 4.79 Å². The van der Waals surface area contributed by atoms with E-state index in [1.54, 1.807) is 0 Å². The number of carbonyl (C=O) groups is 1. The molecule has 6 heteroatoms. The molecule has 1 atom stereocenters. The molecule has 2 N–H and O–H groups in total. The molecule has 1 amide bonds. The van der Waals surface area contributed by atoms with E-state index in [0.717, 1.165) is 30.0 Å². The van der Waals surface area contributed by atoms with Crippen molar-refractivity contribution in [2.45, 2.75) is 25.3 Å². The Kier molecular flexibility index (Phi) is 4.76. The zero-order valence-corrected chi connectivity index (χ0v) is 13.7. The Labute approximate surface area is 138 Å². The summed E-state index contributed by atoms with van der Waals surface area (Å²) < 4.78 is 0. The number of hydrogen-bond donors (Lipinski definition) is 1. The molecule has 0 radical (unpaired) electrons. The average Bonchev–Trinajstić information content (AvgIpc) is 3.16. The van der Waals surface area contributed by atoms with Crippen molar-refractivity contribution >= 4 is 28.8 Å². The highest BCUT2D eigenvalue weighted by molar-refractivity contribution is 7.09. The summed E-state index contributed by atoms with van der Waals surface area (Å²) in [5.74, 6) is -0.0121. The van der Waals surface area contributed by atoms with Gasteiger partial charge in [-0.1, -0.05) is 29.8 Å². The van der Waals surface area contributed by atoms with Crippen LogP contribution in [0.4, 0.5) is 0 Å². The number of halogens is 1. The van der Waals surface area contributed by atoms with Gasteiger partial charge in [0.25, 0.3) is 5.91 Å². The molecule has 1 aliphatic heterocycles. The van der Waals surface area contributed by atoms with Gasteiger partial charge in [-0.15, -0.1) is 11.3 Å². The fraction of sp³-hybridized carbons (Fsp3) is 0.375. The van der Waals surface area contributed by atoms with E-state index in [-0.39, 0.29) is 11.9 Å². The largest absolute Gasteiger partial charge is 0.330 e. The standard InChI is InChI=1S/C16H18ClN3OS/c17-12-5-2-1-4-11(12)14-6-3-9-20(14)16(21)13-10-22-15(19-13)7-8-18/h1-2,4-5,10,14H,3,6-9,18H2/t14-/m1/s1. The minimum atomic E-state index is -0.0121. The molecular weight excluding hydrogens is 318 g/mol. The van der Waals surface area contributed by atoms with E-state index in [4.69, 9.17) is 17.3 Å². The lowest BCUT2D eigenvalue weighted by Gasteiger charge is -2.25. The monoisotopic (exact) mass is 335 g/mol. The molecule has 1 aromatic carbocycles. The van der Waals surface area contributed by atoms with E-state index >= 15 is 0 Å². The van der Waals surface area contributed by atoms with E-state index in [0.29, 0.717) is 23.7 Å². The average molecular weight is 336 g/mol. The number of thiazole rings is 1. The zero-order valence-electron chi connectivity index (χ0n) is 12.2. The number of nitrogens with zero attached hydrogens (tertiary/aromatic N) is 2. The van der Waals surface area contributed by atoms with E-state index in [1.165, 1.54) is 11.3 Å². The Hall–Kier alpha value is -1.43. The van der Waals surface area contributed by atoms with Gasteiger partial charge in [0.1, 0.15) is 5.69 Å². The lowest BCUT2D eigenvalue weighted by Crippen LogP contribution is -2.31. The molecule has 1 saturated heterocycles. The Bertz CT molecular complexity index is 673. The first-order valence-corrected chi connectivity index (χ1v) is 8.66. The molecular formula is C16H18ClN3OS. The Morgan fingerprint density at radius 1 is 1.45 bits per heavy atom. The van der Waals surface area contributed by atoms with Crippen LogP contribution in [0.25, 0.3) is 0 Å². The van der Waals surface area contributed by atoms with Crippen LogP contribution in [0.3, 0.4) is 0 Å². The number of aromatic nitrogens is 1. The summed E-state index contributed by atoms with van der Waals surface area (Å²) in [5, 5.41) is 3.46. The molecule has 22 heavy (non-hydrogen) atoms. The molecule has 0 aliphatic carbocycles. The normalized spacial score (nSPS) is 17.9. The predicted molar refractivity (Wildman–Crippen MR) is 89.3 cm³/mol. The second-order valence-corrected chi connectivity index (χ2v) is 6.69. The van der Waals surface area contributed by atoms with E-state index < -0.39 is 0 Å². The van der Waals surface area contributed by atoms with E-state index in [1.807, 2.05) is 34.5 Å². The molecule has 3 rings (SSSR count). The summed E-state index contributed by atoms with van der Waals surface area (Å²) in [6, 6.07) is 7.79. The van der Waals surface area contributed by atoms with Gasteiger partial charge in [-0.25, -0.2) is 4.98 Å². The van der Waals surface area contributed by atoms with Crippen LogP contribution in [0, 0.1) is 0 Å².